The number of hydrogen-bond acceptors (Lipinski definition) is 8. The molecule has 0 atom stereocenters. The minimum absolute atomic E-state index is 0.387. The number of thiophene rings is 1. The monoisotopic (exact) mass is 304 g/mol. The van der Waals surface area contributed by atoms with E-state index in [1.54, 1.807) is 17.5 Å². The Kier molecular flexibility index (Phi) is 3.72. The summed E-state index contributed by atoms with van der Waals surface area (Å²) < 4.78 is 5.45. The van der Waals surface area contributed by atoms with Gasteiger partial charge >= 0.3 is 0 Å². The lowest BCUT2D eigenvalue weighted by Gasteiger charge is -2.06. The fourth-order valence-corrected chi connectivity index (χ4v) is 2.95. The molecule has 3 rings (SSSR count). The van der Waals surface area contributed by atoms with E-state index in [1.807, 2.05) is 6.92 Å². The van der Waals surface area contributed by atoms with Crippen molar-refractivity contribution < 1.29 is 4.42 Å². The highest BCUT2D eigenvalue weighted by molar-refractivity contribution is 7.18. The van der Waals surface area contributed by atoms with Crippen molar-refractivity contribution in [2.75, 3.05) is 10.7 Å². The number of oxazole rings is 1. The molecule has 110 valence electrons. The van der Waals surface area contributed by atoms with Crippen LogP contribution in [0.5, 0.6) is 0 Å². The van der Waals surface area contributed by atoms with Crippen molar-refractivity contribution in [2.24, 2.45) is 5.84 Å². The lowest BCUT2D eigenvalue weighted by molar-refractivity contribution is 0.479. The first-order valence-corrected chi connectivity index (χ1v) is 7.43. The van der Waals surface area contributed by atoms with Crippen LogP contribution in [0.2, 0.25) is 0 Å². The van der Waals surface area contributed by atoms with Crippen LogP contribution >= 0.6 is 11.3 Å². The van der Waals surface area contributed by atoms with Crippen LogP contribution in [-0.4, -0.2) is 15.0 Å². The van der Waals surface area contributed by atoms with Crippen molar-refractivity contribution in [1.29, 1.82) is 0 Å². The van der Waals surface area contributed by atoms with Crippen LogP contribution in [0.4, 0.5) is 11.8 Å². The van der Waals surface area contributed by atoms with Gasteiger partial charge in [-0.3, -0.25) is 5.43 Å². The summed E-state index contributed by atoms with van der Waals surface area (Å²) >= 11 is 1.64. The van der Waals surface area contributed by atoms with E-state index in [1.165, 1.54) is 4.88 Å². The molecule has 7 nitrogen and oxygen atoms in total. The van der Waals surface area contributed by atoms with Gasteiger partial charge in [-0.1, -0.05) is 6.92 Å². The topological polar surface area (TPSA) is 102 Å². The van der Waals surface area contributed by atoms with Crippen molar-refractivity contribution in [2.45, 2.75) is 26.8 Å². The van der Waals surface area contributed by atoms with E-state index in [0.717, 1.165) is 28.2 Å². The number of rotatable bonds is 5. The summed E-state index contributed by atoms with van der Waals surface area (Å²) in [6, 6.07) is 2.10. The van der Waals surface area contributed by atoms with E-state index < -0.39 is 0 Å². The number of nitrogens with zero attached hydrogens (tertiary/aromatic N) is 3. The molecular weight excluding hydrogens is 288 g/mol. The van der Waals surface area contributed by atoms with Gasteiger partial charge in [0.2, 0.25) is 11.8 Å². The smallest absolute Gasteiger partial charge is 0.240 e. The minimum Gasteiger partial charge on any atom is -0.444 e. The minimum atomic E-state index is 0.387. The fraction of sp³-hybridized carbons (Fsp3) is 0.308. The van der Waals surface area contributed by atoms with E-state index >= 15 is 0 Å². The Hall–Kier alpha value is -2.19. The second-order valence-corrected chi connectivity index (χ2v) is 5.66. The summed E-state index contributed by atoms with van der Waals surface area (Å²) in [5.41, 5.74) is 2.49. The molecule has 0 saturated heterocycles. The Morgan fingerprint density at radius 2 is 2.24 bits per heavy atom. The maximum atomic E-state index is 5.45. The van der Waals surface area contributed by atoms with Crippen molar-refractivity contribution >= 4 is 33.3 Å². The number of nitrogens with one attached hydrogen (secondary N) is 2. The Morgan fingerprint density at radius 3 is 2.90 bits per heavy atom. The third-order valence-corrected chi connectivity index (χ3v) is 4.17. The number of hydrazine groups is 1. The zero-order valence-electron chi connectivity index (χ0n) is 11.8. The molecule has 0 unspecified atom stereocenters. The molecule has 8 heteroatoms. The van der Waals surface area contributed by atoms with Crippen molar-refractivity contribution in [1.82, 2.24) is 15.0 Å². The van der Waals surface area contributed by atoms with E-state index in [0.29, 0.717) is 18.4 Å². The fourth-order valence-electron chi connectivity index (χ4n) is 1.99. The number of nitrogens with two attached hydrogens (primary N) is 1. The van der Waals surface area contributed by atoms with E-state index in [4.69, 9.17) is 10.3 Å². The average molecular weight is 304 g/mol. The maximum absolute atomic E-state index is 5.45. The Labute approximate surface area is 125 Å². The van der Waals surface area contributed by atoms with Crippen LogP contribution in [0.1, 0.15) is 23.5 Å². The summed E-state index contributed by atoms with van der Waals surface area (Å²) in [7, 11) is 0. The van der Waals surface area contributed by atoms with Gasteiger partial charge in [0.15, 0.2) is 0 Å². The lowest BCUT2D eigenvalue weighted by Crippen LogP contribution is -2.12. The van der Waals surface area contributed by atoms with Crippen molar-refractivity contribution in [3.8, 4) is 0 Å². The van der Waals surface area contributed by atoms with Crippen molar-refractivity contribution in [3.63, 3.8) is 0 Å². The summed E-state index contributed by atoms with van der Waals surface area (Å²) in [6.45, 7) is 4.44. The number of aryl methyl sites for hydroxylation is 2. The zero-order valence-corrected chi connectivity index (χ0v) is 12.6. The van der Waals surface area contributed by atoms with Crippen LogP contribution < -0.4 is 16.6 Å². The molecule has 4 N–H and O–H groups in total. The molecule has 0 bridgehead atoms. The summed E-state index contributed by atoms with van der Waals surface area (Å²) in [5.74, 6) is 7.94. The Balaban J connectivity index is 1.93. The number of fused-ring (bicyclic) bond motifs is 1. The third kappa shape index (κ3) is 2.81. The number of hydrogen-bond donors (Lipinski definition) is 3. The van der Waals surface area contributed by atoms with Crippen LogP contribution in [0, 0.1) is 6.92 Å². The van der Waals surface area contributed by atoms with Gasteiger partial charge < -0.3 is 9.73 Å². The predicted octanol–water partition coefficient (Wildman–Crippen LogP) is 2.45. The second-order valence-electron chi connectivity index (χ2n) is 4.54. The first-order valence-electron chi connectivity index (χ1n) is 6.62. The normalized spacial score (nSPS) is 11.0. The number of anilines is 2. The molecule has 0 aliphatic carbocycles. The summed E-state index contributed by atoms with van der Waals surface area (Å²) in [5, 5.41) is 4.22. The summed E-state index contributed by atoms with van der Waals surface area (Å²) in [4.78, 5) is 15.1. The SMILES string of the molecule is CCc1cc2c(NCc3ncc(C)o3)nc(NN)nc2s1. The second kappa shape index (κ2) is 5.66. The highest BCUT2D eigenvalue weighted by Crippen LogP contribution is 2.30. The maximum Gasteiger partial charge on any atom is 0.240 e. The molecule has 0 aromatic carbocycles. The highest BCUT2D eigenvalue weighted by atomic mass is 32.1. The number of nitrogen functional groups attached to an aromatic ring is 1. The van der Waals surface area contributed by atoms with Gasteiger partial charge in [-0.15, -0.1) is 11.3 Å². The van der Waals surface area contributed by atoms with Gasteiger partial charge in [0.1, 0.15) is 16.4 Å². The van der Waals surface area contributed by atoms with Gasteiger partial charge in [0.25, 0.3) is 0 Å². The highest BCUT2D eigenvalue weighted by Gasteiger charge is 2.11. The van der Waals surface area contributed by atoms with Gasteiger partial charge in [0, 0.05) is 4.88 Å². The molecule has 0 aliphatic heterocycles. The Morgan fingerprint density at radius 1 is 1.38 bits per heavy atom. The van der Waals surface area contributed by atoms with E-state index in [-0.39, 0.29) is 0 Å². The lowest BCUT2D eigenvalue weighted by atomic mass is 10.3. The van der Waals surface area contributed by atoms with E-state index in [2.05, 4.69) is 38.7 Å². The molecule has 0 saturated carbocycles. The largest absolute Gasteiger partial charge is 0.444 e. The molecule has 3 aromatic rings. The molecule has 21 heavy (non-hydrogen) atoms. The predicted molar refractivity (Wildman–Crippen MR) is 83.2 cm³/mol. The molecule has 0 fully saturated rings. The molecule has 0 aliphatic rings. The summed E-state index contributed by atoms with van der Waals surface area (Å²) in [6.07, 6.45) is 2.66. The van der Waals surface area contributed by atoms with Crippen molar-refractivity contribution in [3.05, 3.63) is 28.8 Å². The Bertz CT molecular complexity index is 765. The standard InChI is InChI=1S/C13H16N6OS/c1-3-8-4-9-11(16-6-10-15-5-7(2)20-10)17-13(19-14)18-12(9)21-8/h4-5H,3,6,14H2,1-2H3,(H2,16,17,18,19). The molecule has 0 spiro atoms. The zero-order chi connectivity index (χ0) is 14.8. The van der Waals surface area contributed by atoms with Crippen LogP contribution in [-0.2, 0) is 13.0 Å². The van der Waals surface area contributed by atoms with Gasteiger partial charge in [-0.2, -0.15) is 4.98 Å². The third-order valence-electron chi connectivity index (χ3n) is 3.00. The van der Waals surface area contributed by atoms with Gasteiger partial charge in [0.05, 0.1) is 18.1 Å². The van der Waals surface area contributed by atoms with Crippen LogP contribution in [0.15, 0.2) is 16.7 Å². The first kappa shape index (κ1) is 13.8. The van der Waals surface area contributed by atoms with Crippen LogP contribution in [0.3, 0.4) is 0 Å². The molecule has 0 radical (unpaired) electrons. The molecule has 3 heterocycles. The van der Waals surface area contributed by atoms with Gasteiger partial charge in [-0.05, 0) is 19.4 Å². The van der Waals surface area contributed by atoms with Crippen LogP contribution in [0.25, 0.3) is 10.2 Å². The van der Waals surface area contributed by atoms with E-state index in [9.17, 15) is 0 Å². The quantitative estimate of drug-likeness (QED) is 0.491. The first-order chi connectivity index (χ1) is 10.2. The van der Waals surface area contributed by atoms with Gasteiger partial charge in [-0.25, -0.2) is 15.8 Å². The molecular formula is C13H16N6OS. The average Bonchev–Trinajstić information content (AvgIpc) is 3.10. The molecule has 3 aromatic heterocycles. The molecule has 0 amide bonds. The number of aromatic nitrogens is 3.